The SMILES string of the molecule is [CH2]c1ccc(NC(=O)c2ccccc2-c2nnn[nH]2)cc1. The lowest BCUT2D eigenvalue weighted by Gasteiger charge is -2.08. The van der Waals surface area contributed by atoms with Gasteiger partial charge in [-0.25, -0.2) is 5.10 Å². The summed E-state index contributed by atoms with van der Waals surface area (Å²) in [4.78, 5) is 12.4. The van der Waals surface area contributed by atoms with Crippen molar-refractivity contribution in [2.45, 2.75) is 0 Å². The highest BCUT2D eigenvalue weighted by Gasteiger charge is 2.14. The maximum Gasteiger partial charge on any atom is 0.256 e. The predicted octanol–water partition coefficient (Wildman–Crippen LogP) is 2.30. The summed E-state index contributed by atoms with van der Waals surface area (Å²) in [6.07, 6.45) is 0. The van der Waals surface area contributed by atoms with Gasteiger partial charge in [0, 0.05) is 11.3 Å². The molecule has 0 aliphatic heterocycles. The second kappa shape index (κ2) is 5.54. The van der Waals surface area contributed by atoms with Crippen LogP contribution in [-0.4, -0.2) is 26.5 Å². The van der Waals surface area contributed by atoms with E-state index in [1.807, 2.05) is 18.2 Å². The maximum absolute atomic E-state index is 12.4. The number of rotatable bonds is 3. The van der Waals surface area contributed by atoms with Crippen molar-refractivity contribution in [3.63, 3.8) is 0 Å². The normalized spacial score (nSPS) is 10.3. The third kappa shape index (κ3) is 2.79. The molecule has 6 heteroatoms. The molecule has 3 rings (SSSR count). The van der Waals surface area contributed by atoms with Crippen molar-refractivity contribution in [2.24, 2.45) is 0 Å². The smallest absolute Gasteiger partial charge is 0.256 e. The average molecular weight is 278 g/mol. The van der Waals surface area contributed by atoms with E-state index >= 15 is 0 Å². The average Bonchev–Trinajstić information content (AvgIpc) is 3.04. The first kappa shape index (κ1) is 13.0. The molecule has 0 saturated carbocycles. The van der Waals surface area contributed by atoms with Crippen molar-refractivity contribution in [1.29, 1.82) is 0 Å². The van der Waals surface area contributed by atoms with Crippen LogP contribution in [0, 0.1) is 6.92 Å². The molecule has 0 unspecified atom stereocenters. The fourth-order valence-corrected chi connectivity index (χ4v) is 1.95. The number of benzene rings is 2. The van der Waals surface area contributed by atoms with Crippen molar-refractivity contribution >= 4 is 11.6 Å². The van der Waals surface area contributed by atoms with E-state index in [0.29, 0.717) is 22.6 Å². The zero-order valence-corrected chi connectivity index (χ0v) is 11.1. The van der Waals surface area contributed by atoms with Crippen LogP contribution in [0.5, 0.6) is 0 Å². The Balaban J connectivity index is 1.90. The van der Waals surface area contributed by atoms with Crippen molar-refractivity contribution in [3.05, 3.63) is 66.6 Å². The lowest BCUT2D eigenvalue weighted by molar-refractivity contribution is 0.102. The number of carbonyl (C=O) groups is 1. The number of nitrogens with one attached hydrogen (secondary N) is 2. The zero-order chi connectivity index (χ0) is 14.7. The van der Waals surface area contributed by atoms with Gasteiger partial charge in [0.15, 0.2) is 5.82 Å². The van der Waals surface area contributed by atoms with Gasteiger partial charge < -0.3 is 5.32 Å². The van der Waals surface area contributed by atoms with E-state index in [2.05, 4.69) is 32.9 Å². The van der Waals surface area contributed by atoms with Gasteiger partial charge in [-0.1, -0.05) is 30.3 Å². The largest absolute Gasteiger partial charge is 0.322 e. The van der Waals surface area contributed by atoms with Gasteiger partial charge >= 0.3 is 0 Å². The molecule has 1 amide bonds. The van der Waals surface area contributed by atoms with E-state index in [1.165, 1.54) is 0 Å². The van der Waals surface area contributed by atoms with E-state index in [-0.39, 0.29) is 5.91 Å². The molecular formula is C15H12N5O. The summed E-state index contributed by atoms with van der Waals surface area (Å²) < 4.78 is 0. The Hall–Kier alpha value is -3.02. The van der Waals surface area contributed by atoms with Gasteiger partial charge in [-0.15, -0.1) is 5.10 Å². The van der Waals surface area contributed by atoms with E-state index < -0.39 is 0 Å². The van der Waals surface area contributed by atoms with Crippen LogP contribution in [0.25, 0.3) is 11.4 Å². The zero-order valence-electron chi connectivity index (χ0n) is 11.1. The van der Waals surface area contributed by atoms with Gasteiger partial charge in [0.2, 0.25) is 0 Å². The maximum atomic E-state index is 12.4. The molecule has 1 heterocycles. The van der Waals surface area contributed by atoms with Gasteiger partial charge in [0.25, 0.3) is 5.91 Å². The second-order valence-corrected chi connectivity index (χ2v) is 4.45. The van der Waals surface area contributed by atoms with E-state index in [1.54, 1.807) is 30.3 Å². The molecule has 103 valence electrons. The molecule has 0 bridgehead atoms. The van der Waals surface area contributed by atoms with Crippen LogP contribution in [0.3, 0.4) is 0 Å². The molecule has 0 atom stereocenters. The standard InChI is InChI=1S/C15H12N5O/c1-10-6-8-11(9-7-10)16-15(21)13-5-3-2-4-12(13)14-17-19-20-18-14/h2-9H,1H2,(H,16,21)(H,17,18,19,20). The number of anilines is 1. The summed E-state index contributed by atoms with van der Waals surface area (Å²) in [5.41, 5.74) is 2.74. The molecule has 1 aromatic heterocycles. The van der Waals surface area contributed by atoms with E-state index in [4.69, 9.17) is 0 Å². The summed E-state index contributed by atoms with van der Waals surface area (Å²) in [6, 6.07) is 14.4. The summed E-state index contributed by atoms with van der Waals surface area (Å²) in [7, 11) is 0. The number of tetrazole rings is 1. The molecule has 2 N–H and O–H groups in total. The quantitative estimate of drug-likeness (QED) is 0.770. The van der Waals surface area contributed by atoms with Crippen molar-refractivity contribution in [2.75, 3.05) is 5.32 Å². The number of hydrogen-bond acceptors (Lipinski definition) is 4. The number of nitrogens with zero attached hydrogens (tertiary/aromatic N) is 3. The van der Waals surface area contributed by atoms with Crippen LogP contribution in [0.2, 0.25) is 0 Å². The minimum absolute atomic E-state index is 0.223. The Labute approximate surface area is 121 Å². The van der Waals surface area contributed by atoms with Crippen molar-refractivity contribution in [1.82, 2.24) is 20.6 Å². The first-order chi connectivity index (χ1) is 10.2. The number of H-pyrrole nitrogens is 1. The molecular weight excluding hydrogens is 266 g/mol. The second-order valence-electron chi connectivity index (χ2n) is 4.45. The molecule has 2 aromatic carbocycles. The third-order valence-electron chi connectivity index (χ3n) is 2.98. The molecule has 0 fully saturated rings. The Bertz CT molecular complexity index is 750. The van der Waals surface area contributed by atoms with Crippen molar-refractivity contribution < 1.29 is 4.79 Å². The van der Waals surface area contributed by atoms with Crippen LogP contribution in [0.1, 0.15) is 15.9 Å². The summed E-state index contributed by atoms with van der Waals surface area (Å²) in [5.74, 6) is 0.229. The lowest BCUT2D eigenvalue weighted by Crippen LogP contribution is -2.13. The third-order valence-corrected chi connectivity index (χ3v) is 2.98. The van der Waals surface area contributed by atoms with Gasteiger partial charge in [0.05, 0.1) is 5.56 Å². The number of aromatic amines is 1. The fraction of sp³-hybridized carbons (Fsp3) is 0. The monoisotopic (exact) mass is 278 g/mol. The molecule has 0 aliphatic rings. The van der Waals surface area contributed by atoms with Gasteiger partial charge in [-0.2, -0.15) is 0 Å². The van der Waals surface area contributed by atoms with Crippen LogP contribution in [0.15, 0.2) is 48.5 Å². The van der Waals surface area contributed by atoms with Crippen LogP contribution >= 0.6 is 0 Å². The minimum Gasteiger partial charge on any atom is -0.322 e. The molecule has 0 spiro atoms. The Morgan fingerprint density at radius 3 is 2.57 bits per heavy atom. The van der Waals surface area contributed by atoms with Crippen LogP contribution in [-0.2, 0) is 0 Å². The molecule has 1 radical (unpaired) electrons. The molecule has 0 saturated heterocycles. The first-order valence-corrected chi connectivity index (χ1v) is 6.30. The molecule has 3 aromatic rings. The summed E-state index contributed by atoms with van der Waals surface area (Å²) in [6.45, 7) is 3.81. The molecule has 0 aliphatic carbocycles. The number of hydrogen-bond donors (Lipinski definition) is 2. The topological polar surface area (TPSA) is 83.6 Å². The fourth-order valence-electron chi connectivity index (χ4n) is 1.95. The summed E-state index contributed by atoms with van der Waals surface area (Å²) in [5, 5.41) is 16.4. The lowest BCUT2D eigenvalue weighted by atomic mass is 10.1. The van der Waals surface area contributed by atoms with Crippen LogP contribution in [0.4, 0.5) is 5.69 Å². The summed E-state index contributed by atoms with van der Waals surface area (Å²) >= 11 is 0. The van der Waals surface area contributed by atoms with Gasteiger partial charge in [0.1, 0.15) is 0 Å². The molecule has 6 nitrogen and oxygen atoms in total. The number of carbonyl (C=O) groups excluding carboxylic acids is 1. The first-order valence-electron chi connectivity index (χ1n) is 6.30. The van der Waals surface area contributed by atoms with Gasteiger partial charge in [-0.3, -0.25) is 4.79 Å². The van der Waals surface area contributed by atoms with Gasteiger partial charge in [-0.05, 0) is 41.1 Å². The van der Waals surface area contributed by atoms with E-state index in [0.717, 1.165) is 5.56 Å². The molecule has 21 heavy (non-hydrogen) atoms. The number of aromatic nitrogens is 4. The Morgan fingerprint density at radius 2 is 1.86 bits per heavy atom. The number of amides is 1. The highest BCUT2D eigenvalue weighted by molar-refractivity contribution is 6.08. The Morgan fingerprint density at radius 1 is 1.10 bits per heavy atom. The Kier molecular flexibility index (Phi) is 3.42. The highest BCUT2D eigenvalue weighted by Crippen LogP contribution is 2.20. The van der Waals surface area contributed by atoms with E-state index in [9.17, 15) is 4.79 Å². The predicted molar refractivity (Wildman–Crippen MR) is 78.5 cm³/mol. The van der Waals surface area contributed by atoms with Crippen molar-refractivity contribution in [3.8, 4) is 11.4 Å². The van der Waals surface area contributed by atoms with Crippen LogP contribution < -0.4 is 5.32 Å². The minimum atomic E-state index is -0.223. The highest BCUT2D eigenvalue weighted by atomic mass is 16.1.